The smallest absolute Gasteiger partial charge is 0.144 e. The minimum absolute atomic E-state index is 0.888. The molecule has 0 atom stereocenters. The first-order chi connectivity index (χ1) is 5.36. The van der Waals surface area contributed by atoms with Gasteiger partial charge in [0.15, 0.2) is 0 Å². The zero-order chi connectivity index (χ0) is 7.68. The topological polar surface area (TPSA) is 41.6 Å². The van der Waals surface area contributed by atoms with E-state index in [1.807, 2.05) is 13.0 Å². The first-order valence-corrected chi connectivity index (χ1v) is 4.03. The molecule has 1 radical (unpaired) electrons. The third-order valence-electron chi connectivity index (χ3n) is 1.28. The van der Waals surface area contributed by atoms with Crippen LogP contribution in [-0.4, -0.2) is 15.2 Å². The summed E-state index contributed by atoms with van der Waals surface area (Å²) in [6.45, 7) is 1.98. The molecule has 0 unspecified atom stereocenters. The molecule has 0 bridgehead atoms. The highest BCUT2D eigenvalue weighted by molar-refractivity contribution is 7.14. The van der Waals surface area contributed by atoms with Crippen molar-refractivity contribution in [2.24, 2.45) is 0 Å². The Kier molecular flexibility index (Phi) is 1.47. The zero-order valence-corrected chi connectivity index (χ0v) is 6.77. The molecular weight excluding hydrogens is 158 g/mol. The van der Waals surface area contributed by atoms with E-state index in [0.717, 1.165) is 15.6 Å². The van der Waals surface area contributed by atoms with E-state index in [1.165, 1.54) is 0 Å². The quantitative estimate of drug-likeness (QED) is 0.696. The lowest BCUT2D eigenvalue weighted by Gasteiger charge is -1.82. The van der Waals surface area contributed by atoms with Gasteiger partial charge in [0, 0.05) is 11.1 Å². The number of aromatic amines is 1. The number of nitrogens with one attached hydrogen (secondary N) is 1. The average Bonchev–Trinajstić information content (AvgIpc) is 2.55. The number of thiazole rings is 1. The summed E-state index contributed by atoms with van der Waals surface area (Å²) in [6, 6.07) is 1.89. The van der Waals surface area contributed by atoms with Gasteiger partial charge in [0.2, 0.25) is 0 Å². The average molecular weight is 164 g/mol. The molecule has 0 aromatic carbocycles. The molecule has 0 aliphatic heterocycles. The maximum absolute atomic E-state index is 4.07. The van der Waals surface area contributed by atoms with Gasteiger partial charge in [-0.1, -0.05) is 0 Å². The van der Waals surface area contributed by atoms with Gasteiger partial charge >= 0.3 is 0 Å². The third kappa shape index (κ3) is 1.17. The molecule has 2 aromatic heterocycles. The van der Waals surface area contributed by atoms with Gasteiger partial charge in [0.1, 0.15) is 16.9 Å². The third-order valence-corrected chi connectivity index (χ3v) is 2.18. The Balaban J connectivity index is 2.45. The van der Waals surface area contributed by atoms with E-state index in [-0.39, 0.29) is 0 Å². The summed E-state index contributed by atoms with van der Waals surface area (Å²) in [6.07, 6.45) is 4.66. The van der Waals surface area contributed by atoms with Crippen LogP contribution in [0.25, 0.3) is 10.7 Å². The van der Waals surface area contributed by atoms with E-state index in [4.69, 9.17) is 0 Å². The summed E-state index contributed by atoms with van der Waals surface area (Å²) in [5.41, 5.74) is 0.888. The number of H-pyrrole nitrogens is 1. The molecule has 55 valence electrons. The van der Waals surface area contributed by atoms with Crippen LogP contribution >= 0.6 is 11.3 Å². The molecule has 0 spiro atoms. The number of hydrogen-bond acceptors (Lipinski definition) is 3. The summed E-state index contributed by atoms with van der Waals surface area (Å²) in [4.78, 5) is 5.16. The van der Waals surface area contributed by atoms with Crippen LogP contribution in [0.5, 0.6) is 0 Å². The number of aromatic nitrogens is 3. The van der Waals surface area contributed by atoms with Gasteiger partial charge in [-0.2, -0.15) is 5.10 Å². The summed E-state index contributed by atoms with van der Waals surface area (Å²) in [5.74, 6) is 0. The van der Waals surface area contributed by atoms with E-state index < -0.39 is 0 Å². The molecule has 11 heavy (non-hydrogen) atoms. The minimum atomic E-state index is 0.888. The fourth-order valence-corrected chi connectivity index (χ4v) is 1.50. The molecule has 0 saturated heterocycles. The SMILES string of the molecule is Cc1[c]nc(-c2cc[nH]n2)s1. The lowest BCUT2D eigenvalue weighted by atomic mass is 10.5. The highest BCUT2D eigenvalue weighted by Gasteiger charge is 2.03. The molecule has 0 amide bonds. The van der Waals surface area contributed by atoms with Crippen LogP contribution in [0.4, 0.5) is 0 Å². The molecule has 1 N–H and O–H groups in total. The second-order valence-electron chi connectivity index (χ2n) is 2.15. The lowest BCUT2D eigenvalue weighted by molar-refractivity contribution is 1.09. The Morgan fingerprint density at radius 3 is 3.09 bits per heavy atom. The Morgan fingerprint density at radius 1 is 1.64 bits per heavy atom. The highest BCUT2D eigenvalue weighted by atomic mass is 32.1. The van der Waals surface area contributed by atoms with Crippen LogP contribution < -0.4 is 0 Å². The normalized spacial score (nSPS) is 10.3. The van der Waals surface area contributed by atoms with Crippen LogP contribution in [-0.2, 0) is 0 Å². The molecule has 3 nitrogen and oxygen atoms in total. The van der Waals surface area contributed by atoms with Crippen molar-refractivity contribution in [3.8, 4) is 10.7 Å². The zero-order valence-electron chi connectivity index (χ0n) is 5.96. The molecule has 2 rings (SSSR count). The van der Waals surface area contributed by atoms with Crippen molar-refractivity contribution in [2.75, 3.05) is 0 Å². The minimum Gasteiger partial charge on any atom is -0.285 e. The maximum Gasteiger partial charge on any atom is 0.144 e. The lowest BCUT2D eigenvalue weighted by Crippen LogP contribution is -1.73. The highest BCUT2D eigenvalue weighted by Crippen LogP contribution is 2.21. The molecule has 0 aliphatic carbocycles. The Hall–Kier alpha value is -1.16. The van der Waals surface area contributed by atoms with Gasteiger partial charge in [-0.15, -0.1) is 11.3 Å². The van der Waals surface area contributed by atoms with Gasteiger partial charge in [-0.05, 0) is 13.0 Å². The van der Waals surface area contributed by atoms with E-state index in [1.54, 1.807) is 17.5 Å². The molecule has 4 heteroatoms. The fraction of sp³-hybridized carbons (Fsp3) is 0.143. The summed E-state index contributed by atoms with van der Waals surface area (Å²) in [5, 5.41) is 7.66. The summed E-state index contributed by atoms with van der Waals surface area (Å²) in [7, 11) is 0. The second kappa shape index (κ2) is 2.47. The van der Waals surface area contributed by atoms with Crippen LogP contribution in [0.15, 0.2) is 12.3 Å². The Morgan fingerprint density at radius 2 is 2.55 bits per heavy atom. The van der Waals surface area contributed by atoms with Crippen molar-refractivity contribution in [3.63, 3.8) is 0 Å². The van der Waals surface area contributed by atoms with Crippen LogP contribution in [0.3, 0.4) is 0 Å². The van der Waals surface area contributed by atoms with Gasteiger partial charge in [0.25, 0.3) is 0 Å². The standard InChI is InChI=1S/C7H6N3S/c1-5-4-8-7(11-5)6-2-3-9-10-6/h2-3H,1H3,(H,9,10). The van der Waals surface area contributed by atoms with Crippen molar-refractivity contribution >= 4 is 11.3 Å². The largest absolute Gasteiger partial charge is 0.285 e. The molecule has 2 heterocycles. The molecule has 0 saturated carbocycles. The van der Waals surface area contributed by atoms with Gasteiger partial charge in [-0.25, -0.2) is 4.98 Å². The van der Waals surface area contributed by atoms with Crippen LogP contribution in [0.1, 0.15) is 4.88 Å². The molecule has 0 fully saturated rings. The molecule has 0 aliphatic rings. The maximum atomic E-state index is 4.07. The molecular formula is C7H6N3S. The van der Waals surface area contributed by atoms with Crippen LogP contribution in [0.2, 0.25) is 0 Å². The van der Waals surface area contributed by atoms with Crippen molar-refractivity contribution in [2.45, 2.75) is 6.92 Å². The summed E-state index contributed by atoms with van der Waals surface area (Å²) < 4.78 is 0. The number of rotatable bonds is 1. The second-order valence-corrected chi connectivity index (χ2v) is 3.35. The van der Waals surface area contributed by atoms with Gasteiger partial charge in [0.05, 0.1) is 0 Å². The number of hydrogen-bond donors (Lipinski definition) is 1. The van der Waals surface area contributed by atoms with E-state index >= 15 is 0 Å². The van der Waals surface area contributed by atoms with Crippen molar-refractivity contribution in [1.82, 2.24) is 15.2 Å². The monoisotopic (exact) mass is 164 g/mol. The van der Waals surface area contributed by atoms with E-state index in [0.29, 0.717) is 0 Å². The molecule has 2 aromatic rings. The van der Waals surface area contributed by atoms with Gasteiger partial charge < -0.3 is 0 Å². The van der Waals surface area contributed by atoms with E-state index in [9.17, 15) is 0 Å². The Labute approximate surface area is 68.1 Å². The van der Waals surface area contributed by atoms with Crippen LogP contribution in [0, 0.1) is 13.1 Å². The van der Waals surface area contributed by atoms with Crippen molar-refractivity contribution < 1.29 is 0 Å². The fourth-order valence-electron chi connectivity index (χ4n) is 0.809. The predicted molar refractivity (Wildman–Crippen MR) is 43.3 cm³/mol. The first kappa shape index (κ1) is 6.54. The summed E-state index contributed by atoms with van der Waals surface area (Å²) >= 11 is 1.60. The van der Waals surface area contributed by atoms with Crippen molar-refractivity contribution in [3.05, 3.63) is 23.3 Å². The number of aryl methyl sites for hydroxylation is 1. The van der Waals surface area contributed by atoms with Gasteiger partial charge in [-0.3, -0.25) is 5.10 Å². The van der Waals surface area contributed by atoms with Crippen molar-refractivity contribution in [1.29, 1.82) is 0 Å². The van der Waals surface area contributed by atoms with E-state index in [2.05, 4.69) is 21.4 Å². The predicted octanol–water partition coefficient (Wildman–Crippen LogP) is 1.64. The first-order valence-electron chi connectivity index (χ1n) is 3.21. The number of nitrogens with zero attached hydrogens (tertiary/aromatic N) is 2. The Bertz CT molecular complexity index is 336.